The van der Waals surface area contributed by atoms with Crippen molar-refractivity contribution >= 4 is 0 Å². The summed E-state index contributed by atoms with van der Waals surface area (Å²) in [4.78, 5) is 0. The van der Waals surface area contributed by atoms with Crippen LogP contribution < -0.4 is 10.6 Å². The molecule has 1 fully saturated rings. The van der Waals surface area contributed by atoms with Crippen molar-refractivity contribution in [2.75, 3.05) is 20.1 Å². The highest BCUT2D eigenvalue weighted by Gasteiger charge is 2.09. The predicted octanol–water partition coefficient (Wildman–Crippen LogP) is 2.15. The highest BCUT2D eigenvalue weighted by molar-refractivity contribution is 4.68. The van der Waals surface area contributed by atoms with Crippen LogP contribution in [0.5, 0.6) is 0 Å². The van der Waals surface area contributed by atoms with Crippen molar-refractivity contribution in [1.82, 2.24) is 10.6 Å². The zero-order valence-electron chi connectivity index (χ0n) is 9.53. The first-order valence-electron chi connectivity index (χ1n) is 5.73. The number of hydrogen-bond acceptors (Lipinski definition) is 2. The van der Waals surface area contributed by atoms with E-state index >= 15 is 0 Å². The van der Waals surface area contributed by atoms with Gasteiger partial charge >= 0.3 is 0 Å². The first-order chi connectivity index (χ1) is 6.35. The molecule has 0 aliphatic heterocycles. The van der Waals surface area contributed by atoms with Crippen LogP contribution in [0.3, 0.4) is 0 Å². The molecule has 0 aromatic rings. The van der Waals surface area contributed by atoms with Gasteiger partial charge in [-0.3, -0.25) is 0 Å². The molecule has 0 aromatic heterocycles. The van der Waals surface area contributed by atoms with Crippen LogP contribution in [0.4, 0.5) is 0 Å². The van der Waals surface area contributed by atoms with E-state index in [2.05, 4.69) is 31.5 Å². The first kappa shape index (κ1) is 12.9. The van der Waals surface area contributed by atoms with Crippen molar-refractivity contribution in [2.24, 2.45) is 0 Å². The second-order valence-corrected chi connectivity index (χ2v) is 3.58. The van der Waals surface area contributed by atoms with Crippen LogP contribution in [0, 0.1) is 0 Å². The van der Waals surface area contributed by atoms with E-state index in [0.717, 1.165) is 19.1 Å². The Morgan fingerprint density at radius 3 is 1.77 bits per heavy atom. The number of hydrogen-bond donors (Lipinski definition) is 2. The van der Waals surface area contributed by atoms with E-state index < -0.39 is 0 Å². The average molecular weight is 186 g/mol. The summed E-state index contributed by atoms with van der Waals surface area (Å²) in [5.74, 6) is 0. The fraction of sp³-hybridized carbons (Fsp3) is 1.00. The van der Waals surface area contributed by atoms with E-state index in [0.29, 0.717) is 0 Å². The summed E-state index contributed by atoms with van der Waals surface area (Å²) < 4.78 is 0. The minimum atomic E-state index is 0.837. The van der Waals surface area contributed by atoms with E-state index in [1.165, 1.54) is 32.1 Å². The molecule has 0 heterocycles. The standard InChI is InChI=1S/C7H15N.C4H11N/c1-8-7-5-3-2-4-6-7;1-3-5-4-2/h7-8H,2-6H2,1H3;5H,3-4H2,1-2H3. The molecule has 0 unspecified atom stereocenters. The zero-order chi connectivity index (χ0) is 9.94. The molecular formula is C11H26N2. The van der Waals surface area contributed by atoms with Crippen LogP contribution in [-0.4, -0.2) is 26.2 Å². The lowest BCUT2D eigenvalue weighted by atomic mass is 9.96. The second-order valence-electron chi connectivity index (χ2n) is 3.58. The van der Waals surface area contributed by atoms with Crippen molar-refractivity contribution < 1.29 is 0 Å². The molecule has 1 aliphatic rings. The van der Waals surface area contributed by atoms with Crippen LogP contribution >= 0.6 is 0 Å². The SMILES string of the molecule is CCNCC.CNC1CCCCC1. The quantitative estimate of drug-likeness (QED) is 0.706. The predicted molar refractivity (Wildman–Crippen MR) is 60.2 cm³/mol. The summed E-state index contributed by atoms with van der Waals surface area (Å²) >= 11 is 0. The summed E-state index contributed by atoms with van der Waals surface area (Å²) in [6.45, 7) is 6.39. The Morgan fingerprint density at radius 1 is 1.00 bits per heavy atom. The first-order valence-corrected chi connectivity index (χ1v) is 5.73. The molecule has 2 heteroatoms. The highest BCUT2D eigenvalue weighted by Crippen LogP contribution is 2.16. The van der Waals surface area contributed by atoms with Gasteiger partial charge in [0.15, 0.2) is 0 Å². The molecule has 80 valence electrons. The van der Waals surface area contributed by atoms with E-state index in [1.807, 2.05) is 0 Å². The lowest BCUT2D eigenvalue weighted by molar-refractivity contribution is 0.394. The van der Waals surface area contributed by atoms with Gasteiger partial charge in [0.1, 0.15) is 0 Å². The van der Waals surface area contributed by atoms with Gasteiger partial charge in [0.25, 0.3) is 0 Å². The molecule has 1 rings (SSSR count). The summed E-state index contributed by atoms with van der Waals surface area (Å²) in [5.41, 5.74) is 0. The highest BCUT2D eigenvalue weighted by atomic mass is 14.9. The molecular weight excluding hydrogens is 160 g/mol. The van der Waals surface area contributed by atoms with Crippen molar-refractivity contribution in [3.63, 3.8) is 0 Å². The van der Waals surface area contributed by atoms with E-state index in [-0.39, 0.29) is 0 Å². The maximum absolute atomic E-state index is 3.30. The van der Waals surface area contributed by atoms with Crippen LogP contribution in [-0.2, 0) is 0 Å². The van der Waals surface area contributed by atoms with Crippen LogP contribution in [0.1, 0.15) is 46.0 Å². The summed E-state index contributed by atoms with van der Waals surface area (Å²) in [5, 5.41) is 6.42. The minimum absolute atomic E-state index is 0.837. The van der Waals surface area contributed by atoms with Gasteiger partial charge < -0.3 is 10.6 Å². The summed E-state index contributed by atoms with van der Waals surface area (Å²) in [7, 11) is 2.07. The topological polar surface area (TPSA) is 24.1 Å². The largest absolute Gasteiger partial charge is 0.317 e. The Morgan fingerprint density at radius 2 is 1.54 bits per heavy atom. The molecule has 2 nitrogen and oxygen atoms in total. The molecule has 0 saturated heterocycles. The molecule has 1 aliphatic carbocycles. The molecule has 0 atom stereocenters. The van der Waals surface area contributed by atoms with Gasteiger partial charge in [-0.1, -0.05) is 33.1 Å². The van der Waals surface area contributed by atoms with Crippen LogP contribution in [0.2, 0.25) is 0 Å². The Kier molecular flexibility index (Phi) is 9.94. The smallest absolute Gasteiger partial charge is 0.00640 e. The molecule has 0 aromatic carbocycles. The Labute approximate surface area is 83.5 Å². The fourth-order valence-electron chi connectivity index (χ4n) is 1.64. The Bertz CT molecular complexity index is 86.1. The molecule has 0 bridgehead atoms. The normalized spacial score (nSPS) is 17.8. The monoisotopic (exact) mass is 186 g/mol. The van der Waals surface area contributed by atoms with Gasteiger partial charge in [-0.15, -0.1) is 0 Å². The maximum Gasteiger partial charge on any atom is 0.00640 e. The maximum atomic E-state index is 3.30. The fourth-order valence-corrected chi connectivity index (χ4v) is 1.64. The Balaban J connectivity index is 0.000000252. The van der Waals surface area contributed by atoms with Crippen molar-refractivity contribution in [1.29, 1.82) is 0 Å². The lowest BCUT2D eigenvalue weighted by Gasteiger charge is -2.20. The van der Waals surface area contributed by atoms with Gasteiger partial charge in [-0.25, -0.2) is 0 Å². The number of rotatable bonds is 3. The van der Waals surface area contributed by atoms with Gasteiger partial charge in [-0.05, 0) is 33.0 Å². The Hall–Kier alpha value is -0.0800. The molecule has 0 spiro atoms. The van der Waals surface area contributed by atoms with Crippen molar-refractivity contribution in [3.8, 4) is 0 Å². The van der Waals surface area contributed by atoms with E-state index in [9.17, 15) is 0 Å². The van der Waals surface area contributed by atoms with Gasteiger partial charge in [0.05, 0.1) is 0 Å². The molecule has 13 heavy (non-hydrogen) atoms. The molecule has 1 saturated carbocycles. The van der Waals surface area contributed by atoms with Crippen molar-refractivity contribution in [2.45, 2.75) is 52.0 Å². The lowest BCUT2D eigenvalue weighted by Crippen LogP contribution is -2.26. The van der Waals surface area contributed by atoms with Crippen LogP contribution in [0.15, 0.2) is 0 Å². The van der Waals surface area contributed by atoms with E-state index in [1.54, 1.807) is 0 Å². The third kappa shape index (κ3) is 8.26. The molecule has 0 amide bonds. The van der Waals surface area contributed by atoms with E-state index in [4.69, 9.17) is 0 Å². The van der Waals surface area contributed by atoms with Gasteiger partial charge in [0.2, 0.25) is 0 Å². The van der Waals surface area contributed by atoms with Crippen LogP contribution in [0.25, 0.3) is 0 Å². The zero-order valence-corrected chi connectivity index (χ0v) is 9.53. The molecule has 0 radical (unpaired) electrons. The third-order valence-corrected chi connectivity index (χ3v) is 2.51. The van der Waals surface area contributed by atoms with Crippen molar-refractivity contribution in [3.05, 3.63) is 0 Å². The number of nitrogens with one attached hydrogen (secondary N) is 2. The van der Waals surface area contributed by atoms with Gasteiger partial charge in [0, 0.05) is 6.04 Å². The summed E-state index contributed by atoms with van der Waals surface area (Å²) in [6.07, 6.45) is 7.13. The minimum Gasteiger partial charge on any atom is -0.317 e. The summed E-state index contributed by atoms with van der Waals surface area (Å²) in [6, 6.07) is 0.837. The second kappa shape index (κ2) is 10.0. The molecule has 2 N–H and O–H groups in total. The average Bonchev–Trinajstić information content (AvgIpc) is 2.21. The van der Waals surface area contributed by atoms with Gasteiger partial charge in [-0.2, -0.15) is 0 Å². The third-order valence-electron chi connectivity index (χ3n) is 2.51.